The van der Waals surface area contributed by atoms with Crippen LogP contribution in [0.5, 0.6) is 0 Å². The van der Waals surface area contributed by atoms with Crippen molar-refractivity contribution in [1.82, 2.24) is 5.32 Å². The minimum absolute atomic E-state index is 0.0693. The zero-order chi connectivity index (χ0) is 19.6. The van der Waals surface area contributed by atoms with Gasteiger partial charge in [0.05, 0.1) is 0 Å². The van der Waals surface area contributed by atoms with Crippen LogP contribution >= 0.6 is 0 Å². The maximum absolute atomic E-state index is 12.5. The number of Topliss-reactive ketones (excluding diaryl/α,β-unsaturated/α-hetero) is 1. The Morgan fingerprint density at radius 2 is 1.76 bits per heavy atom. The first-order valence-electron chi connectivity index (χ1n) is 8.82. The SMILES string of the molecule is CCC/C=C/[C@H](CC(C)=O)OC(=O)C(NC(=O)OC(C)(C)C)C(C)C. The maximum atomic E-state index is 12.5. The van der Waals surface area contributed by atoms with Gasteiger partial charge in [0, 0.05) is 6.42 Å². The third-order valence-corrected chi connectivity index (χ3v) is 3.16. The smallest absolute Gasteiger partial charge is 0.408 e. The predicted octanol–water partition coefficient (Wildman–Crippen LogP) is 3.78. The summed E-state index contributed by atoms with van der Waals surface area (Å²) in [4.78, 5) is 35.8. The van der Waals surface area contributed by atoms with Crippen LogP contribution in [0.3, 0.4) is 0 Å². The molecule has 0 aromatic carbocycles. The van der Waals surface area contributed by atoms with E-state index in [0.717, 1.165) is 12.8 Å². The van der Waals surface area contributed by atoms with Gasteiger partial charge < -0.3 is 14.8 Å². The number of nitrogens with one attached hydrogen (secondary N) is 1. The molecule has 0 saturated carbocycles. The van der Waals surface area contributed by atoms with Gasteiger partial charge in [-0.2, -0.15) is 0 Å². The highest BCUT2D eigenvalue weighted by molar-refractivity contribution is 5.82. The molecule has 0 fully saturated rings. The lowest BCUT2D eigenvalue weighted by Gasteiger charge is -2.25. The van der Waals surface area contributed by atoms with Gasteiger partial charge in [-0.3, -0.25) is 4.79 Å². The Morgan fingerprint density at radius 3 is 2.20 bits per heavy atom. The molecule has 0 aromatic rings. The number of ketones is 1. The van der Waals surface area contributed by atoms with Gasteiger partial charge in [-0.15, -0.1) is 0 Å². The summed E-state index contributed by atoms with van der Waals surface area (Å²) in [6.07, 6.45) is 4.25. The molecule has 2 atom stereocenters. The molecule has 0 aromatic heterocycles. The maximum Gasteiger partial charge on any atom is 0.408 e. The molecule has 1 unspecified atom stereocenters. The quantitative estimate of drug-likeness (QED) is 0.503. The number of carbonyl (C=O) groups excluding carboxylic acids is 3. The molecule has 0 rings (SSSR count). The van der Waals surface area contributed by atoms with E-state index in [0.29, 0.717) is 0 Å². The van der Waals surface area contributed by atoms with Crippen molar-refractivity contribution in [2.75, 3.05) is 0 Å². The largest absolute Gasteiger partial charge is 0.456 e. The van der Waals surface area contributed by atoms with Crippen LogP contribution in [0.4, 0.5) is 4.79 Å². The second-order valence-corrected chi connectivity index (χ2v) is 7.47. The number of rotatable bonds is 9. The fourth-order valence-electron chi connectivity index (χ4n) is 2.00. The van der Waals surface area contributed by atoms with Crippen LogP contribution in [-0.2, 0) is 19.1 Å². The Balaban J connectivity index is 4.98. The van der Waals surface area contributed by atoms with Gasteiger partial charge in [-0.25, -0.2) is 9.59 Å². The summed E-state index contributed by atoms with van der Waals surface area (Å²) < 4.78 is 10.6. The second kappa shape index (κ2) is 10.9. The number of alkyl carbamates (subject to hydrolysis) is 1. The highest BCUT2D eigenvalue weighted by atomic mass is 16.6. The number of hydrogen-bond acceptors (Lipinski definition) is 5. The van der Waals surface area contributed by atoms with Crippen LogP contribution in [-0.4, -0.2) is 35.6 Å². The van der Waals surface area contributed by atoms with Crippen LogP contribution in [0.15, 0.2) is 12.2 Å². The van der Waals surface area contributed by atoms with Crippen molar-refractivity contribution in [1.29, 1.82) is 0 Å². The molecule has 0 spiro atoms. The lowest BCUT2D eigenvalue weighted by Crippen LogP contribution is -2.47. The van der Waals surface area contributed by atoms with Crippen LogP contribution in [0.1, 0.15) is 67.7 Å². The van der Waals surface area contributed by atoms with Gasteiger partial charge in [0.25, 0.3) is 0 Å². The molecule has 6 nitrogen and oxygen atoms in total. The van der Waals surface area contributed by atoms with Crippen LogP contribution in [0, 0.1) is 5.92 Å². The molecule has 144 valence electrons. The third-order valence-electron chi connectivity index (χ3n) is 3.16. The summed E-state index contributed by atoms with van der Waals surface area (Å²) in [7, 11) is 0. The molecule has 0 radical (unpaired) electrons. The zero-order valence-electron chi connectivity index (χ0n) is 16.5. The van der Waals surface area contributed by atoms with E-state index < -0.39 is 29.8 Å². The zero-order valence-corrected chi connectivity index (χ0v) is 16.5. The van der Waals surface area contributed by atoms with Crippen molar-refractivity contribution in [3.05, 3.63) is 12.2 Å². The average Bonchev–Trinajstić information content (AvgIpc) is 2.41. The van der Waals surface area contributed by atoms with Crippen molar-refractivity contribution in [2.45, 2.75) is 85.5 Å². The van der Waals surface area contributed by atoms with E-state index in [1.807, 2.05) is 13.0 Å². The van der Waals surface area contributed by atoms with Crippen molar-refractivity contribution in [3.63, 3.8) is 0 Å². The highest BCUT2D eigenvalue weighted by Gasteiger charge is 2.29. The molecule has 0 aliphatic carbocycles. The minimum atomic E-state index is -0.844. The van der Waals surface area contributed by atoms with Gasteiger partial charge in [0.15, 0.2) is 0 Å². The molecule has 0 heterocycles. The molecule has 0 aliphatic heterocycles. The Morgan fingerprint density at radius 1 is 1.16 bits per heavy atom. The summed E-state index contributed by atoms with van der Waals surface area (Å²) in [6.45, 7) is 12.3. The van der Waals surface area contributed by atoms with Gasteiger partial charge in [0.1, 0.15) is 23.5 Å². The topological polar surface area (TPSA) is 81.7 Å². The molecule has 1 amide bonds. The number of ether oxygens (including phenoxy) is 2. The monoisotopic (exact) mass is 355 g/mol. The van der Waals surface area contributed by atoms with Gasteiger partial charge in [-0.1, -0.05) is 33.3 Å². The molecule has 1 N–H and O–H groups in total. The van der Waals surface area contributed by atoms with E-state index >= 15 is 0 Å². The predicted molar refractivity (Wildman–Crippen MR) is 97.2 cm³/mol. The van der Waals surface area contributed by atoms with E-state index in [2.05, 4.69) is 5.32 Å². The van der Waals surface area contributed by atoms with Gasteiger partial charge >= 0.3 is 12.1 Å². The number of esters is 1. The van der Waals surface area contributed by atoms with Crippen LogP contribution < -0.4 is 5.32 Å². The Bertz CT molecular complexity index is 477. The fourth-order valence-corrected chi connectivity index (χ4v) is 2.00. The number of allylic oxidation sites excluding steroid dienone is 1. The Hall–Kier alpha value is -1.85. The van der Waals surface area contributed by atoms with Crippen molar-refractivity contribution >= 4 is 17.8 Å². The van der Waals surface area contributed by atoms with Crippen molar-refractivity contribution < 1.29 is 23.9 Å². The summed E-state index contributed by atoms with van der Waals surface area (Å²) in [5.41, 5.74) is -0.657. The number of carbonyl (C=O) groups is 3. The van der Waals surface area contributed by atoms with Crippen molar-refractivity contribution in [2.24, 2.45) is 5.92 Å². The van der Waals surface area contributed by atoms with E-state index in [1.54, 1.807) is 40.7 Å². The Kier molecular flexibility index (Phi) is 10.1. The van der Waals surface area contributed by atoms with E-state index in [-0.39, 0.29) is 18.1 Å². The van der Waals surface area contributed by atoms with E-state index in [9.17, 15) is 14.4 Å². The lowest BCUT2D eigenvalue weighted by atomic mass is 10.0. The average molecular weight is 355 g/mol. The third kappa shape index (κ3) is 11.3. The summed E-state index contributed by atoms with van der Waals surface area (Å²) in [6, 6.07) is -0.844. The molecule has 0 saturated heterocycles. The first-order valence-corrected chi connectivity index (χ1v) is 8.82. The molecule has 0 aliphatic rings. The second-order valence-electron chi connectivity index (χ2n) is 7.47. The molecule has 25 heavy (non-hydrogen) atoms. The number of unbranched alkanes of at least 4 members (excludes halogenated alkanes) is 1. The van der Waals surface area contributed by atoms with E-state index in [4.69, 9.17) is 9.47 Å². The standard InChI is InChI=1S/C19H33NO5/c1-8-9-10-11-15(12-14(4)21)24-17(22)16(13(2)3)20-18(23)25-19(5,6)7/h10-11,13,15-16H,8-9,12H2,1-7H3,(H,20,23)/b11-10+/t15-,16?/m1/s1. The number of amides is 1. The molecular formula is C19H33NO5. The van der Waals surface area contributed by atoms with Crippen LogP contribution in [0.25, 0.3) is 0 Å². The number of hydrogen-bond donors (Lipinski definition) is 1. The highest BCUT2D eigenvalue weighted by Crippen LogP contribution is 2.12. The normalized spacial score (nSPS) is 14.2. The summed E-state index contributed by atoms with van der Waals surface area (Å²) in [5.74, 6) is -0.828. The first kappa shape index (κ1) is 23.1. The van der Waals surface area contributed by atoms with Gasteiger partial charge in [-0.05, 0) is 46.1 Å². The lowest BCUT2D eigenvalue weighted by molar-refractivity contribution is -0.151. The minimum Gasteiger partial charge on any atom is -0.456 e. The van der Waals surface area contributed by atoms with Crippen molar-refractivity contribution in [3.8, 4) is 0 Å². The molecular weight excluding hydrogens is 322 g/mol. The van der Waals surface area contributed by atoms with Crippen LogP contribution in [0.2, 0.25) is 0 Å². The first-order chi connectivity index (χ1) is 11.5. The fraction of sp³-hybridized carbons (Fsp3) is 0.737. The van der Waals surface area contributed by atoms with E-state index in [1.165, 1.54) is 6.92 Å². The Labute approximate surface area is 151 Å². The molecule has 6 heteroatoms. The summed E-state index contributed by atoms with van der Waals surface area (Å²) in [5, 5.41) is 2.55. The van der Waals surface area contributed by atoms with Gasteiger partial charge in [0.2, 0.25) is 0 Å². The summed E-state index contributed by atoms with van der Waals surface area (Å²) >= 11 is 0. The molecule has 0 bridgehead atoms.